The third-order valence-corrected chi connectivity index (χ3v) is 2.10. The standard InChI is InChI=1S/C12H17F2NO/c1-12(2,3)15-7-11(16)8-4-9(13)6-10(14)5-8/h4-6,11,15-16H,7H2,1-3H3. The third kappa shape index (κ3) is 4.24. The van der Waals surface area contributed by atoms with Crippen molar-refractivity contribution in [1.82, 2.24) is 5.32 Å². The van der Waals surface area contributed by atoms with E-state index in [4.69, 9.17) is 0 Å². The Hall–Kier alpha value is -1.00. The van der Waals surface area contributed by atoms with Crippen LogP contribution in [0.25, 0.3) is 0 Å². The maximum atomic E-state index is 12.9. The minimum Gasteiger partial charge on any atom is -0.387 e. The van der Waals surface area contributed by atoms with Crippen molar-refractivity contribution in [2.45, 2.75) is 32.4 Å². The third-order valence-electron chi connectivity index (χ3n) is 2.10. The van der Waals surface area contributed by atoms with E-state index in [-0.39, 0.29) is 17.6 Å². The number of aliphatic hydroxyl groups excluding tert-OH is 1. The second-order valence-corrected chi connectivity index (χ2v) is 4.85. The van der Waals surface area contributed by atoms with Crippen LogP contribution < -0.4 is 5.32 Å². The average molecular weight is 229 g/mol. The van der Waals surface area contributed by atoms with E-state index in [2.05, 4.69) is 5.32 Å². The van der Waals surface area contributed by atoms with Gasteiger partial charge >= 0.3 is 0 Å². The van der Waals surface area contributed by atoms with Gasteiger partial charge in [-0.2, -0.15) is 0 Å². The van der Waals surface area contributed by atoms with Gasteiger partial charge in [-0.05, 0) is 38.5 Å². The first-order chi connectivity index (χ1) is 7.28. The lowest BCUT2D eigenvalue weighted by Crippen LogP contribution is -2.38. The van der Waals surface area contributed by atoms with Crippen molar-refractivity contribution >= 4 is 0 Å². The first-order valence-electron chi connectivity index (χ1n) is 5.17. The molecule has 0 aliphatic heterocycles. The Morgan fingerprint density at radius 1 is 1.19 bits per heavy atom. The summed E-state index contributed by atoms with van der Waals surface area (Å²) in [5.74, 6) is -1.35. The zero-order valence-corrected chi connectivity index (χ0v) is 9.72. The van der Waals surface area contributed by atoms with Crippen LogP contribution in [0.15, 0.2) is 18.2 Å². The van der Waals surface area contributed by atoms with Crippen molar-refractivity contribution in [3.05, 3.63) is 35.4 Å². The van der Waals surface area contributed by atoms with Crippen molar-refractivity contribution in [3.8, 4) is 0 Å². The number of hydrogen-bond acceptors (Lipinski definition) is 2. The lowest BCUT2D eigenvalue weighted by atomic mass is 10.1. The van der Waals surface area contributed by atoms with Gasteiger partial charge in [-0.1, -0.05) is 0 Å². The lowest BCUT2D eigenvalue weighted by molar-refractivity contribution is 0.162. The summed E-state index contributed by atoms with van der Waals surface area (Å²) >= 11 is 0. The van der Waals surface area contributed by atoms with E-state index in [1.165, 1.54) is 0 Å². The number of halogens is 2. The van der Waals surface area contributed by atoms with Gasteiger partial charge in [0.15, 0.2) is 0 Å². The van der Waals surface area contributed by atoms with Gasteiger partial charge in [0.25, 0.3) is 0 Å². The van der Waals surface area contributed by atoms with Crippen LogP contribution in [-0.2, 0) is 0 Å². The molecule has 16 heavy (non-hydrogen) atoms. The minimum atomic E-state index is -0.913. The molecule has 2 nitrogen and oxygen atoms in total. The number of rotatable bonds is 3. The number of β-amino-alcohol motifs (C(OH)–C–C–N with tert-alkyl or cyclic N) is 1. The van der Waals surface area contributed by atoms with Crippen LogP contribution in [0.4, 0.5) is 8.78 Å². The summed E-state index contributed by atoms with van der Waals surface area (Å²) in [5.41, 5.74) is 0.0987. The van der Waals surface area contributed by atoms with Crippen LogP contribution in [0.2, 0.25) is 0 Å². The monoisotopic (exact) mass is 229 g/mol. The fourth-order valence-corrected chi connectivity index (χ4v) is 1.29. The molecule has 0 bridgehead atoms. The topological polar surface area (TPSA) is 32.3 Å². The number of nitrogens with one attached hydrogen (secondary N) is 1. The van der Waals surface area contributed by atoms with E-state index in [1.807, 2.05) is 20.8 Å². The zero-order valence-electron chi connectivity index (χ0n) is 9.72. The van der Waals surface area contributed by atoms with Gasteiger partial charge in [0, 0.05) is 18.2 Å². The first kappa shape index (κ1) is 13.1. The minimum absolute atomic E-state index is 0.146. The van der Waals surface area contributed by atoms with E-state index < -0.39 is 17.7 Å². The number of aliphatic hydroxyl groups is 1. The predicted octanol–water partition coefficient (Wildman–Crippen LogP) is 2.39. The molecule has 0 saturated heterocycles. The van der Waals surface area contributed by atoms with Gasteiger partial charge in [0.2, 0.25) is 0 Å². The maximum Gasteiger partial charge on any atom is 0.126 e. The molecule has 1 rings (SSSR count). The van der Waals surface area contributed by atoms with Gasteiger partial charge in [-0.25, -0.2) is 8.78 Å². The molecule has 1 aromatic rings. The van der Waals surface area contributed by atoms with Crippen molar-refractivity contribution in [2.75, 3.05) is 6.54 Å². The Kier molecular flexibility index (Phi) is 3.99. The smallest absolute Gasteiger partial charge is 0.126 e. The van der Waals surface area contributed by atoms with Crippen molar-refractivity contribution in [1.29, 1.82) is 0 Å². The molecule has 1 aromatic carbocycles. The molecule has 0 fully saturated rings. The molecule has 0 heterocycles. The van der Waals surface area contributed by atoms with Crippen molar-refractivity contribution in [2.24, 2.45) is 0 Å². The highest BCUT2D eigenvalue weighted by Gasteiger charge is 2.14. The van der Waals surface area contributed by atoms with Crippen molar-refractivity contribution in [3.63, 3.8) is 0 Å². The normalized spacial score (nSPS) is 13.9. The van der Waals surface area contributed by atoms with Crippen molar-refractivity contribution < 1.29 is 13.9 Å². The van der Waals surface area contributed by atoms with Gasteiger partial charge in [-0.15, -0.1) is 0 Å². The highest BCUT2D eigenvalue weighted by molar-refractivity contribution is 5.20. The highest BCUT2D eigenvalue weighted by atomic mass is 19.1. The quantitative estimate of drug-likeness (QED) is 0.834. The summed E-state index contributed by atoms with van der Waals surface area (Å²) in [5, 5.41) is 12.8. The van der Waals surface area contributed by atoms with Crippen LogP contribution in [0.3, 0.4) is 0 Å². The molecular weight excluding hydrogens is 212 g/mol. The Morgan fingerprint density at radius 3 is 2.12 bits per heavy atom. The molecule has 0 spiro atoms. The van der Waals surface area contributed by atoms with E-state index in [9.17, 15) is 13.9 Å². The van der Waals surface area contributed by atoms with Gasteiger partial charge < -0.3 is 10.4 Å². The summed E-state index contributed by atoms with van der Waals surface area (Å²) in [4.78, 5) is 0. The summed E-state index contributed by atoms with van der Waals surface area (Å²) in [6.45, 7) is 6.11. The largest absolute Gasteiger partial charge is 0.387 e. The van der Waals surface area contributed by atoms with Gasteiger partial charge in [0.05, 0.1) is 6.10 Å². The van der Waals surface area contributed by atoms with Gasteiger partial charge in [0.1, 0.15) is 11.6 Å². The molecule has 2 N–H and O–H groups in total. The maximum absolute atomic E-state index is 12.9. The zero-order chi connectivity index (χ0) is 12.3. The summed E-state index contributed by atoms with van der Waals surface area (Å²) < 4.78 is 25.8. The summed E-state index contributed by atoms with van der Waals surface area (Å²) in [7, 11) is 0. The average Bonchev–Trinajstić information content (AvgIpc) is 2.11. The molecule has 0 saturated carbocycles. The molecule has 1 atom stereocenters. The molecule has 4 heteroatoms. The Balaban J connectivity index is 2.69. The lowest BCUT2D eigenvalue weighted by Gasteiger charge is -2.23. The van der Waals surface area contributed by atoms with Crippen LogP contribution in [0, 0.1) is 11.6 Å². The van der Waals surface area contributed by atoms with E-state index >= 15 is 0 Å². The molecule has 1 unspecified atom stereocenters. The molecular formula is C12H17F2NO. The van der Waals surface area contributed by atoms with E-state index in [0.717, 1.165) is 18.2 Å². The summed E-state index contributed by atoms with van der Waals surface area (Å²) in [6.07, 6.45) is -0.913. The summed E-state index contributed by atoms with van der Waals surface area (Å²) in [6, 6.07) is 3.06. The predicted molar refractivity (Wildman–Crippen MR) is 59.1 cm³/mol. The number of hydrogen-bond donors (Lipinski definition) is 2. The second-order valence-electron chi connectivity index (χ2n) is 4.85. The fraction of sp³-hybridized carbons (Fsp3) is 0.500. The Morgan fingerprint density at radius 2 is 1.69 bits per heavy atom. The second kappa shape index (κ2) is 4.89. The fourth-order valence-electron chi connectivity index (χ4n) is 1.29. The molecule has 0 aliphatic rings. The van der Waals surface area contributed by atoms with Crippen LogP contribution in [0.5, 0.6) is 0 Å². The first-order valence-corrected chi connectivity index (χ1v) is 5.17. The van der Waals surface area contributed by atoms with Crippen LogP contribution in [0.1, 0.15) is 32.4 Å². The van der Waals surface area contributed by atoms with Crippen LogP contribution in [-0.4, -0.2) is 17.2 Å². The highest BCUT2D eigenvalue weighted by Crippen LogP contribution is 2.16. The SMILES string of the molecule is CC(C)(C)NCC(O)c1cc(F)cc(F)c1. The number of benzene rings is 1. The molecule has 0 amide bonds. The van der Waals surface area contributed by atoms with E-state index in [1.54, 1.807) is 0 Å². The van der Waals surface area contributed by atoms with Crippen LogP contribution >= 0.6 is 0 Å². The molecule has 90 valence electrons. The van der Waals surface area contributed by atoms with Gasteiger partial charge in [-0.3, -0.25) is 0 Å². The Labute approximate surface area is 94.3 Å². The van der Waals surface area contributed by atoms with E-state index in [0.29, 0.717) is 0 Å². The Bertz CT molecular complexity index is 340. The molecule has 0 aromatic heterocycles. The molecule has 0 radical (unpaired) electrons. The molecule has 0 aliphatic carbocycles.